The van der Waals surface area contributed by atoms with Gasteiger partial charge in [0, 0.05) is 25.4 Å². The van der Waals surface area contributed by atoms with Crippen LogP contribution in [0.15, 0.2) is 12.3 Å². The highest BCUT2D eigenvalue weighted by molar-refractivity contribution is 5.33. The minimum Gasteiger partial charge on any atom is -0.375 e. The molecule has 0 saturated carbocycles. The van der Waals surface area contributed by atoms with E-state index in [0.29, 0.717) is 18.2 Å². The Morgan fingerprint density at radius 1 is 1.40 bits per heavy atom. The van der Waals surface area contributed by atoms with Gasteiger partial charge in [0.1, 0.15) is 5.82 Å². The molecule has 0 bridgehead atoms. The molecule has 0 radical (unpaired) electrons. The van der Waals surface area contributed by atoms with E-state index in [2.05, 4.69) is 24.3 Å². The van der Waals surface area contributed by atoms with Gasteiger partial charge in [0.15, 0.2) is 0 Å². The van der Waals surface area contributed by atoms with Crippen LogP contribution in [0.1, 0.15) is 26.7 Å². The summed E-state index contributed by atoms with van der Waals surface area (Å²) in [6, 6.07) is 2.49. The van der Waals surface area contributed by atoms with E-state index < -0.39 is 0 Å². The van der Waals surface area contributed by atoms with Crippen LogP contribution in [-0.2, 0) is 11.8 Å². The van der Waals surface area contributed by atoms with Crippen molar-refractivity contribution in [3.8, 4) is 0 Å². The molecule has 1 aliphatic rings. The summed E-state index contributed by atoms with van der Waals surface area (Å²) >= 11 is 0. The van der Waals surface area contributed by atoms with Gasteiger partial charge in [0.2, 0.25) is 0 Å². The predicted molar refractivity (Wildman–Crippen MR) is 59.9 cm³/mol. The molecule has 1 N–H and O–H groups in total. The molecule has 0 aliphatic carbocycles. The number of anilines is 1. The molecule has 1 aromatic heterocycles. The zero-order valence-electron chi connectivity index (χ0n) is 9.60. The SMILES string of the molecule is C[C@H]1CC(Nc2ccn(C)n2)C[C@H](C)O1. The van der Waals surface area contributed by atoms with E-state index in [-0.39, 0.29) is 0 Å². The third-order valence-electron chi connectivity index (χ3n) is 2.76. The van der Waals surface area contributed by atoms with Crippen molar-refractivity contribution in [3.63, 3.8) is 0 Å². The van der Waals surface area contributed by atoms with Gasteiger partial charge in [-0.3, -0.25) is 4.68 Å². The van der Waals surface area contributed by atoms with Crippen LogP contribution in [0.5, 0.6) is 0 Å². The zero-order chi connectivity index (χ0) is 10.8. The van der Waals surface area contributed by atoms with Gasteiger partial charge >= 0.3 is 0 Å². The average Bonchev–Trinajstić information content (AvgIpc) is 2.49. The minimum atomic E-state index is 0.343. The van der Waals surface area contributed by atoms with Crippen LogP contribution in [0.4, 0.5) is 5.82 Å². The Hall–Kier alpha value is -1.03. The van der Waals surface area contributed by atoms with Gasteiger partial charge in [-0.25, -0.2) is 0 Å². The Kier molecular flexibility index (Phi) is 2.95. The molecule has 2 heterocycles. The van der Waals surface area contributed by atoms with Crippen LogP contribution in [0.2, 0.25) is 0 Å². The fourth-order valence-electron chi connectivity index (χ4n) is 2.22. The van der Waals surface area contributed by atoms with Crippen molar-refractivity contribution in [2.24, 2.45) is 7.05 Å². The van der Waals surface area contributed by atoms with Gasteiger partial charge in [-0.05, 0) is 26.7 Å². The number of nitrogens with zero attached hydrogens (tertiary/aromatic N) is 2. The molecule has 1 saturated heterocycles. The largest absolute Gasteiger partial charge is 0.375 e. The maximum absolute atomic E-state index is 5.69. The van der Waals surface area contributed by atoms with E-state index >= 15 is 0 Å². The molecule has 4 nitrogen and oxygen atoms in total. The van der Waals surface area contributed by atoms with Crippen molar-refractivity contribution in [2.75, 3.05) is 5.32 Å². The second kappa shape index (κ2) is 4.23. The first-order valence-electron chi connectivity index (χ1n) is 5.55. The van der Waals surface area contributed by atoms with Crippen LogP contribution in [0.3, 0.4) is 0 Å². The second-order valence-corrected chi connectivity index (χ2v) is 4.44. The molecule has 1 aliphatic heterocycles. The normalized spacial score (nSPS) is 31.5. The highest BCUT2D eigenvalue weighted by Gasteiger charge is 2.24. The van der Waals surface area contributed by atoms with Gasteiger partial charge < -0.3 is 10.1 Å². The summed E-state index contributed by atoms with van der Waals surface area (Å²) in [5, 5.41) is 7.77. The van der Waals surface area contributed by atoms with Crippen molar-refractivity contribution in [2.45, 2.75) is 44.9 Å². The number of hydrogen-bond acceptors (Lipinski definition) is 3. The lowest BCUT2D eigenvalue weighted by atomic mass is 10.00. The van der Waals surface area contributed by atoms with Crippen molar-refractivity contribution >= 4 is 5.82 Å². The lowest BCUT2D eigenvalue weighted by Gasteiger charge is -2.32. The highest BCUT2D eigenvalue weighted by Crippen LogP contribution is 2.21. The van der Waals surface area contributed by atoms with E-state index in [1.54, 1.807) is 0 Å². The van der Waals surface area contributed by atoms with Gasteiger partial charge in [0.05, 0.1) is 12.2 Å². The summed E-state index contributed by atoms with van der Waals surface area (Å²) in [6.07, 6.45) is 4.75. The summed E-state index contributed by atoms with van der Waals surface area (Å²) in [7, 11) is 1.93. The number of hydrogen-bond donors (Lipinski definition) is 1. The average molecular weight is 209 g/mol. The van der Waals surface area contributed by atoms with Crippen molar-refractivity contribution in [1.29, 1.82) is 0 Å². The van der Waals surface area contributed by atoms with Crippen LogP contribution >= 0.6 is 0 Å². The number of ether oxygens (including phenoxy) is 1. The molecule has 2 rings (SSSR count). The first-order valence-corrected chi connectivity index (χ1v) is 5.55. The third kappa shape index (κ3) is 2.72. The van der Waals surface area contributed by atoms with Crippen molar-refractivity contribution < 1.29 is 4.74 Å². The molecule has 0 amide bonds. The lowest BCUT2D eigenvalue weighted by molar-refractivity contribution is -0.0338. The van der Waals surface area contributed by atoms with Gasteiger partial charge in [-0.15, -0.1) is 0 Å². The van der Waals surface area contributed by atoms with Crippen LogP contribution < -0.4 is 5.32 Å². The maximum Gasteiger partial charge on any atom is 0.148 e. The molecule has 0 unspecified atom stereocenters. The fraction of sp³-hybridized carbons (Fsp3) is 0.727. The summed E-state index contributed by atoms with van der Waals surface area (Å²) in [5.41, 5.74) is 0. The minimum absolute atomic E-state index is 0.343. The Balaban J connectivity index is 1.94. The second-order valence-electron chi connectivity index (χ2n) is 4.44. The quantitative estimate of drug-likeness (QED) is 0.807. The first kappa shape index (κ1) is 10.5. The Bertz CT molecular complexity index is 313. The van der Waals surface area contributed by atoms with E-state index in [1.807, 2.05) is 24.0 Å². The van der Waals surface area contributed by atoms with Crippen molar-refractivity contribution in [3.05, 3.63) is 12.3 Å². The first-order chi connectivity index (χ1) is 7.13. The summed E-state index contributed by atoms with van der Waals surface area (Å²) < 4.78 is 7.51. The zero-order valence-corrected chi connectivity index (χ0v) is 9.60. The van der Waals surface area contributed by atoms with Gasteiger partial charge in [-0.2, -0.15) is 5.10 Å². The summed E-state index contributed by atoms with van der Waals surface area (Å²) in [6.45, 7) is 4.26. The molecular weight excluding hydrogens is 190 g/mol. The standard InChI is InChI=1S/C11H19N3O/c1-8-6-10(7-9(2)15-8)12-11-4-5-14(3)13-11/h4-5,8-10H,6-7H2,1-3H3,(H,12,13)/t8-,9-/m0/s1. The van der Waals surface area contributed by atoms with Crippen molar-refractivity contribution in [1.82, 2.24) is 9.78 Å². The molecule has 1 aromatic rings. The molecule has 15 heavy (non-hydrogen) atoms. The molecule has 84 valence electrons. The van der Waals surface area contributed by atoms with E-state index in [0.717, 1.165) is 18.7 Å². The molecule has 1 fully saturated rings. The molecule has 0 aromatic carbocycles. The number of rotatable bonds is 2. The number of aromatic nitrogens is 2. The topological polar surface area (TPSA) is 39.1 Å². The van der Waals surface area contributed by atoms with Crippen LogP contribution in [-0.4, -0.2) is 28.0 Å². The van der Waals surface area contributed by atoms with E-state index in [1.165, 1.54) is 0 Å². The Morgan fingerprint density at radius 3 is 2.60 bits per heavy atom. The Labute approximate surface area is 90.6 Å². The Morgan fingerprint density at radius 2 is 2.07 bits per heavy atom. The monoisotopic (exact) mass is 209 g/mol. The van der Waals surface area contributed by atoms with Crippen LogP contribution in [0.25, 0.3) is 0 Å². The smallest absolute Gasteiger partial charge is 0.148 e. The number of nitrogens with one attached hydrogen (secondary N) is 1. The van der Waals surface area contributed by atoms with Gasteiger partial charge in [0.25, 0.3) is 0 Å². The highest BCUT2D eigenvalue weighted by atomic mass is 16.5. The molecule has 4 heteroatoms. The molecule has 2 atom stereocenters. The fourth-order valence-corrected chi connectivity index (χ4v) is 2.22. The number of aryl methyl sites for hydroxylation is 1. The lowest BCUT2D eigenvalue weighted by Crippen LogP contribution is -2.37. The molecule has 0 spiro atoms. The van der Waals surface area contributed by atoms with Crippen LogP contribution in [0, 0.1) is 0 Å². The van der Waals surface area contributed by atoms with Gasteiger partial charge in [-0.1, -0.05) is 0 Å². The third-order valence-corrected chi connectivity index (χ3v) is 2.76. The van der Waals surface area contributed by atoms with E-state index in [4.69, 9.17) is 4.74 Å². The summed E-state index contributed by atoms with van der Waals surface area (Å²) in [4.78, 5) is 0. The molecular formula is C11H19N3O. The predicted octanol–water partition coefficient (Wildman–Crippen LogP) is 1.79. The van der Waals surface area contributed by atoms with E-state index in [9.17, 15) is 0 Å². The maximum atomic E-state index is 5.69. The summed E-state index contributed by atoms with van der Waals surface area (Å²) in [5.74, 6) is 0.962.